The highest BCUT2D eigenvalue weighted by atomic mass is 32.2. The van der Waals surface area contributed by atoms with E-state index in [1.807, 2.05) is 0 Å². The quantitative estimate of drug-likeness (QED) is 0.730. The Morgan fingerprint density at radius 3 is 2.77 bits per heavy atom. The Labute approximate surface area is 79.7 Å². The van der Waals surface area contributed by atoms with Crippen molar-refractivity contribution in [2.45, 2.75) is 32.3 Å². The first-order valence-electron chi connectivity index (χ1n) is 4.73. The smallest absolute Gasteiger partial charge is 0.211 e. The van der Waals surface area contributed by atoms with Gasteiger partial charge in [-0.1, -0.05) is 0 Å². The molecule has 1 unspecified atom stereocenters. The van der Waals surface area contributed by atoms with Crippen molar-refractivity contribution in [3.63, 3.8) is 0 Å². The molecular weight excluding hydrogens is 190 g/mol. The largest absolute Gasteiger partial charge is 0.377 e. The summed E-state index contributed by atoms with van der Waals surface area (Å²) in [7, 11) is -3.05. The molecule has 1 fully saturated rings. The fraction of sp³-hybridized carbons (Fsp3) is 1.00. The lowest BCUT2D eigenvalue weighted by molar-refractivity contribution is 0.0200. The minimum absolute atomic E-state index is 0.0788. The number of ether oxygens (including phenoxy) is 1. The van der Waals surface area contributed by atoms with Gasteiger partial charge in [0.2, 0.25) is 10.0 Å². The second-order valence-electron chi connectivity index (χ2n) is 3.24. The van der Waals surface area contributed by atoms with Crippen LogP contribution in [0.3, 0.4) is 0 Å². The Balaban J connectivity index is 2.25. The summed E-state index contributed by atoms with van der Waals surface area (Å²) >= 11 is 0. The monoisotopic (exact) mass is 207 g/mol. The Morgan fingerprint density at radius 1 is 1.46 bits per heavy atom. The average Bonchev–Trinajstić information content (AvgIpc) is 2.17. The third kappa shape index (κ3) is 4.06. The van der Waals surface area contributed by atoms with E-state index in [9.17, 15) is 8.42 Å². The van der Waals surface area contributed by atoms with Gasteiger partial charge in [-0.2, -0.15) is 0 Å². The van der Waals surface area contributed by atoms with Gasteiger partial charge in [0.15, 0.2) is 0 Å². The first-order valence-corrected chi connectivity index (χ1v) is 6.38. The second kappa shape index (κ2) is 4.93. The highest BCUT2D eigenvalue weighted by Gasteiger charge is 2.16. The molecule has 0 aliphatic carbocycles. The molecule has 1 aliphatic rings. The van der Waals surface area contributed by atoms with Crippen LogP contribution in [0.15, 0.2) is 0 Å². The van der Waals surface area contributed by atoms with Crippen LogP contribution in [0.4, 0.5) is 0 Å². The third-order valence-electron chi connectivity index (χ3n) is 2.18. The lowest BCUT2D eigenvalue weighted by Gasteiger charge is -2.22. The summed E-state index contributed by atoms with van der Waals surface area (Å²) in [5, 5.41) is 0. The maximum atomic E-state index is 11.1. The Hall–Kier alpha value is -0.130. The molecule has 0 radical (unpaired) electrons. The van der Waals surface area contributed by atoms with Crippen molar-refractivity contribution < 1.29 is 13.2 Å². The van der Waals surface area contributed by atoms with Crippen molar-refractivity contribution in [2.75, 3.05) is 18.9 Å². The summed E-state index contributed by atoms with van der Waals surface area (Å²) in [6, 6.07) is 0. The molecule has 0 aromatic carbocycles. The number of rotatable bonds is 4. The van der Waals surface area contributed by atoms with Crippen molar-refractivity contribution >= 4 is 10.0 Å². The number of sulfonamides is 1. The molecule has 0 spiro atoms. The van der Waals surface area contributed by atoms with Crippen LogP contribution in [0, 0.1) is 0 Å². The van der Waals surface area contributed by atoms with Gasteiger partial charge in [-0.15, -0.1) is 0 Å². The molecular formula is C8H17NO3S. The summed E-state index contributed by atoms with van der Waals surface area (Å²) in [5.74, 6) is 0.139. The molecule has 1 atom stereocenters. The summed E-state index contributed by atoms with van der Waals surface area (Å²) in [6.07, 6.45) is 3.27. The first-order chi connectivity index (χ1) is 6.14. The topological polar surface area (TPSA) is 55.4 Å². The average molecular weight is 207 g/mol. The molecule has 78 valence electrons. The van der Waals surface area contributed by atoms with E-state index in [2.05, 4.69) is 4.72 Å². The molecule has 13 heavy (non-hydrogen) atoms. The van der Waals surface area contributed by atoms with Gasteiger partial charge in [-0.25, -0.2) is 13.1 Å². The van der Waals surface area contributed by atoms with Gasteiger partial charge in [0.1, 0.15) is 0 Å². The summed E-state index contributed by atoms with van der Waals surface area (Å²) in [4.78, 5) is 0. The van der Waals surface area contributed by atoms with Crippen molar-refractivity contribution in [1.29, 1.82) is 0 Å². The SMILES string of the molecule is CCS(=O)(=O)NCC1CCCCO1. The number of hydrogen-bond donors (Lipinski definition) is 1. The van der Waals surface area contributed by atoms with Crippen LogP contribution in [0.1, 0.15) is 26.2 Å². The summed E-state index contributed by atoms with van der Waals surface area (Å²) in [5.41, 5.74) is 0. The highest BCUT2D eigenvalue weighted by Crippen LogP contribution is 2.11. The molecule has 0 bridgehead atoms. The minimum Gasteiger partial charge on any atom is -0.377 e. The van der Waals surface area contributed by atoms with Gasteiger partial charge in [0.25, 0.3) is 0 Å². The van der Waals surface area contributed by atoms with E-state index in [0.29, 0.717) is 6.54 Å². The van der Waals surface area contributed by atoms with Crippen molar-refractivity contribution in [3.05, 3.63) is 0 Å². The highest BCUT2D eigenvalue weighted by molar-refractivity contribution is 7.89. The van der Waals surface area contributed by atoms with Gasteiger partial charge in [0.05, 0.1) is 11.9 Å². The summed E-state index contributed by atoms with van der Waals surface area (Å²) in [6.45, 7) is 2.82. The van der Waals surface area contributed by atoms with Gasteiger partial charge in [0, 0.05) is 13.2 Å². The van der Waals surface area contributed by atoms with Crippen LogP contribution in [0.2, 0.25) is 0 Å². The maximum absolute atomic E-state index is 11.1. The molecule has 4 nitrogen and oxygen atoms in total. The molecule has 0 amide bonds. The van der Waals surface area contributed by atoms with E-state index in [4.69, 9.17) is 4.74 Å². The predicted molar refractivity (Wildman–Crippen MR) is 51.1 cm³/mol. The van der Waals surface area contributed by atoms with Crippen LogP contribution < -0.4 is 4.72 Å². The van der Waals surface area contributed by atoms with Gasteiger partial charge in [-0.05, 0) is 26.2 Å². The zero-order valence-electron chi connectivity index (χ0n) is 7.95. The van der Waals surface area contributed by atoms with Crippen molar-refractivity contribution in [2.24, 2.45) is 0 Å². The number of hydrogen-bond acceptors (Lipinski definition) is 3. The standard InChI is InChI=1S/C8H17NO3S/c1-2-13(10,11)9-7-8-5-3-4-6-12-8/h8-9H,2-7H2,1H3. The zero-order valence-corrected chi connectivity index (χ0v) is 8.77. The van der Waals surface area contributed by atoms with E-state index in [-0.39, 0.29) is 11.9 Å². The molecule has 1 N–H and O–H groups in total. The lowest BCUT2D eigenvalue weighted by atomic mass is 10.1. The van der Waals surface area contributed by atoms with Crippen LogP contribution in [0.5, 0.6) is 0 Å². The van der Waals surface area contributed by atoms with Gasteiger partial charge in [-0.3, -0.25) is 0 Å². The third-order valence-corrected chi connectivity index (χ3v) is 3.55. The zero-order chi connectivity index (χ0) is 9.73. The van der Waals surface area contributed by atoms with E-state index in [1.165, 1.54) is 0 Å². The molecule has 1 aliphatic heterocycles. The molecule has 0 aromatic rings. The van der Waals surface area contributed by atoms with E-state index >= 15 is 0 Å². The predicted octanol–water partition coefficient (Wildman–Crippen LogP) is 0.495. The molecule has 5 heteroatoms. The van der Waals surface area contributed by atoms with Crippen LogP contribution in [0.25, 0.3) is 0 Å². The first kappa shape index (κ1) is 10.9. The fourth-order valence-electron chi connectivity index (χ4n) is 1.29. The minimum atomic E-state index is -3.05. The molecule has 0 aromatic heterocycles. The van der Waals surface area contributed by atoms with Gasteiger partial charge >= 0.3 is 0 Å². The van der Waals surface area contributed by atoms with E-state index in [0.717, 1.165) is 25.9 Å². The normalized spacial score (nSPS) is 24.5. The van der Waals surface area contributed by atoms with Crippen molar-refractivity contribution in [3.8, 4) is 0 Å². The molecule has 1 heterocycles. The van der Waals surface area contributed by atoms with Crippen LogP contribution >= 0.6 is 0 Å². The van der Waals surface area contributed by atoms with Gasteiger partial charge < -0.3 is 4.74 Å². The molecule has 1 rings (SSSR count). The Bertz CT molecular complexity index is 232. The fourth-order valence-corrected chi connectivity index (χ4v) is 1.93. The van der Waals surface area contributed by atoms with Crippen molar-refractivity contribution in [1.82, 2.24) is 4.72 Å². The van der Waals surface area contributed by atoms with E-state index in [1.54, 1.807) is 6.92 Å². The number of nitrogens with one attached hydrogen (secondary N) is 1. The Morgan fingerprint density at radius 2 is 2.23 bits per heavy atom. The second-order valence-corrected chi connectivity index (χ2v) is 5.34. The Kier molecular flexibility index (Phi) is 4.15. The van der Waals surface area contributed by atoms with Crippen LogP contribution in [-0.2, 0) is 14.8 Å². The van der Waals surface area contributed by atoms with Crippen LogP contribution in [-0.4, -0.2) is 33.4 Å². The maximum Gasteiger partial charge on any atom is 0.211 e. The summed E-state index contributed by atoms with van der Waals surface area (Å²) < 4.78 is 30.1. The lowest BCUT2D eigenvalue weighted by Crippen LogP contribution is -2.36. The molecule has 0 saturated carbocycles. The molecule has 1 saturated heterocycles. The van der Waals surface area contributed by atoms with E-state index < -0.39 is 10.0 Å².